The van der Waals surface area contributed by atoms with Crippen molar-refractivity contribution in [2.45, 2.75) is 20.5 Å². The molecule has 0 spiro atoms. The minimum atomic E-state index is -3.04. The van der Waals surface area contributed by atoms with Crippen LogP contribution in [0, 0.1) is 13.8 Å². The van der Waals surface area contributed by atoms with Gasteiger partial charge < -0.3 is 14.8 Å². The Labute approximate surface area is 170 Å². The fraction of sp³-hybridized carbons (Fsp3) is 0.200. The van der Waals surface area contributed by atoms with Crippen LogP contribution in [0.3, 0.4) is 0 Å². The first kappa shape index (κ1) is 20.9. The van der Waals surface area contributed by atoms with E-state index in [0.717, 1.165) is 11.4 Å². The summed E-state index contributed by atoms with van der Waals surface area (Å²) in [7, 11) is 0. The number of nitrogens with one attached hydrogen (secondary N) is 1. The minimum Gasteiger partial charge on any atom is -0.452 e. The highest BCUT2D eigenvalue weighted by Gasteiger charge is 2.15. The molecule has 1 N–H and O–H groups in total. The van der Waals surface area contributed by atoms with Gasteiger partial charge in [0.05, 0.1) is 16.9 Å². The predicted molar refractivity (Wildman–Crippen MR) is 103 cm³/mol. The second-order valence-corrected chi connectivity index (χ2v) is 6.24. The lowest BCUT2D eigenvalue weighted by atomic mass is 10.3. The summed E-state index contributed by atoms with van der Waals surface area (Å²) >= 11 is 0. The number of para-hydroxylation sites is 2. The number of rotatable bonds is 7. The molecule has 0 radical (unpaired) electrons. The van der Waals surface area contributed by atoms with Gasteiger partial charge in [0.25, 0.3) is 5.91 Å². The van der Waals surface area contributed by atoms with Crippen LogP contribution in [0.25, 0.3) is 5.82 Å². The number of benzene rings is 1. The first-order valence-electron chi connectivity index (χ1n) is 8.84. The number of alkyl halides is 2. The molecule has 0 fully saturated rings. The van der Waals surface area contributed by atoms with Crippen LogP contribution in [0.2, 0.25) is 0 Å². The second-order valence-electron chi connectivity index (χ2n) is 6.24. The standard InChI is InChI=1S/C20H18F2N4O4/c1-12-9-13(2)26(25-12)17-8-7-14(10-23-17)19(28)29-11-18(27)24-15-5-3-4-6-16(15)30-20(21)22/h3-10,20H,11H2,1-2H3,(H,24,27). The average molecular weight is 416 g/mol. The van der Waals surface area contributed by atoms with Crippen molar-refractivity contribution in [3.63, 3.8) is 0 Å². The molecule has 0 aliphatic carbocycles. The zero-order valence-electron chi connectivity index (χ0n) is 16.1. The van der Waals surface area contributed by atoms with E-state index in [1.54, 1.807) is 10.7 Å². The van der Waals surface area contributed by atoms with Crippen LogP contribution in [0.5, 0.6) is 5.75 Å². The van der Waals surface area contributed by atoms with Crippen molar-refractivity contribution in [1.82, 2.24) is 14.8 Å². The molecule has 2 heterocycles. The van der Waals surface area contributed by atoms with E-state index < -0.39 is 25.1 Å². The Morgan fingerprint density at radius 3 is 2.57 bits per heavy atom. The van der Waals surface area contributed by atoms with Crippen LogP contribution in [0.15, 0.2) is 48.7 Å². The Kier molecular flexibility index (Phi) is 6.35. The molecule has 0 aliphatic heterocycles. The summed E-state index contributed by atoms with van der Waals surface area (Å²) in [5.41, 5.74) is 1.91. The number of amides is 1. The molecule has 30 heavy (non-hydrogen) atoms. The third kappa shape index (κ3) is 5.16. The molecular weight excluding hydrogens is 398 g/mol. The summed E-state index contributed by atoms with van der Waals surface area (Å²) in [5.74, 6) is -1.13. The van der Waals surface area contributed by atoms with E-state index in [4.69, 9.17) is 4.74 Å². The van der Waals surface area contributed by atoms with Crippen molar-refractivity contribution in [2.75, 3.05) is 11.9 Å². The van der Waals surface area contributed by atoms with Crippen LogP contribution in [-0.2, 0) is 9.53 Å². The molecule has 3 rings (SSSR count). The van der Waals surface area contributed by atoms with Crippen molar-refractivity contribution in [3.05, 3.63) is 65.6 Å². The van der Waals surface area contributed by atoms with Crippen LogP contribution in [0.1, 0.15) is 21.7 Å². The lowest BCUT2D eigenvalue weighted by Crippen LogP contribution is -2.21. The fourth-order valence-corrected chi connectivity index (χ4v) is 2.66. The van der Waals surface area contributed by atoms with E-state index in [-0.39, 0.29) is 17.0 Å². The van der Waals surface area contributed by atoms with E-state index in [1.165, 1.54) is 36.5 Å². The largest absolute Gasteiger partial charge is 0.452 e. The maximum absolute atomic E-state index is 12.4. The van der Waals surface area contributed by atoms with Gasteiger partial charge in [-0.05, 0) is 44.2 Å². The topological polar surface area (TPSA) is 95.3 Å². The van der Waals surface area contributed by atoms with E-state index in [1.807, 2.05) is 19.9 Å². The molecule has 0 saturated carbocycles. The van der Waals surface area contributed by atoms with Gasteiger partial charge in [-0.1, -0.05) is 12.1 Å². The highest BCUT2D eigenvalue weighted by Crippen LogP contribution is 2.25. The van der Waals surface area contributed by atoms with Gasteiger partial charge in [0.15, 0.2) is 12.4 Å². The van der Waals surface area contributed by atoms with E-state index >= 15 is 0 Å². The SMILES string of the molecule is Cc1cc(C)n(-c2ccc(C(=O)OCC(=O)Nc3ccccc3OC(F)F)cn2)n1. The third-order valence-corrected chi connectivity index (χ3v) is 3.92. The summed E-state index contributed by atoms with van der Waals surface area (Å²) in [6.45, 7) is 0.0950. The fourth-order valence-electron chi connectivity index (χ4n) is 2.66. The number of halogens is 2. The molecule has 0 unspecified atom stereocenters. The van der Waals surface area contributed by atoms with E-state index in [0.29, 0.717) is 5.82 Å². The lowest BCUT2D eigenvalue weighted by Gasteiger charge is -2.11. The minimum absolute atomic E-state index is 0.0368. The number of aryl methyl sites for hydroxylation is 2. The van der Waals surface area contributed by atoms with Gasteiger partial charge in [-0.15, -0.1) is 0 Å². The van der Waals surface area contributed by atoms with Gasteiger partial charge in [-0.2, -0.15) is 13.9 Å². The zero-order chi connectivity index (χ0) is 21.7. The van der Waals surface area contributed by atoms with Crippen molar-refractivity contribution in [3.8, 4) is 11.6 Å². The van der Waals surface area contributed by atoms with Crippen LogP contribution >= 0.6 is 0 Å². The number of pyridine rings is 1. The smallest absolute Gasteiger partial charge is 0.387 e. The molecule has 1 aromatic carbocycles. The number of ether oxygens (including phenoxy) is 2. The first-order chi connectivity index (χ1) is 14.3. The maximum atomic E-state index is 12.4. The van der Waals surface area contributed by atoms with Crippen LogP contribution in [-0.4, -0.2) is 39.9 Å². The molecule has 0 aliphatic rings. The number of hydrogen-bond donors (Lipinski definition) is 1. The number of carbonyl (C=O) groups is 2. The Bertz CT molecular complexity index is 1050. The Hall–Kier alpha value is -3.82. The summed E-state index contributed by atoms with van der Waals surface area (Å²) in [6, 6.07) is 10.7. The highest BCUT2D eigenvalue weighted by atomic mass is 19.3. The summed E-state index contributed by atoms with van der Waals surface area (Å²) in [5, 5.41) is 6.67. The van der Waals surface area contributed by atoms with Gasteiger partial charge in [0.2, 0.25) is 0 Å². The molecule has 156 valence electrons. The number of aromatic nitrogens is 3. The van der Waals surface area contributed by atoms with Crippen molar-refractivity contribution >= 4 is 17.6 Å². The summed E-state index contributed by atoms with van der Waals surface area (Å²) < 4.78 is 35.8. The molecule has 2 aromatic heterocycles. The van der Waals surface area contributed by atoms with Crippen molar-refractivity contribution < 1.29 is 27.8 Å². The number of hydrogen-bond acceptors (Lipinski definition) is 6. The molecule has 0 bridgehead atoms. The third-order valence-electron chi connectivity index (χ3n) is 3.92. The Morgan fingerprint density at radius 1 is 1.17 bits per heavy atom. The normalized spacial score (nSPS) is 10.7. The van der Waals surface area contributed by atoms with Gasteiger partial charge in [-0.25, -0.2) is 14.5 Å². The number of anilines is 1. The van der Waals surface area contributed by atoms with Crippen LogP contribution < -0.4 is 10.1 Å². The molecule has 0 atom stereocenters. The molecule has 1 amide bonds. The zero-order valence-corrected chi connectivity index (χ0v) is 16.1. The maximum Gasteiger partial charge on any atom is 0.387 e. The average Bonchev–Trinajstić information content (AvgIpc) is 3.05. The molecule has 0 saturated heterocycles. The first-order valence-corrected chi connectivity index (χ1v) is 8.84. The monoisotopic (exact) mass is 416 g/mol. The summed E-state index contributed by atoms with van der Waals surface area (Å²) in [4.78, 5) is 28.3. The number of esters is 1. The van der Waals surface area contributed by atoms with Crippen molar-refractivity contribution in [1.29, 1.82) is 0 Å². The Morgan fingerprint density at radius 2 is 1.93 bits per heavy atom. The molecular formula is C20H18F2N4O4. The summed E-state index contributed by atoms with van der Waals surface area (Å²) in [6.07, 6.45) is 1.32. The van der Waals surface area contributed by atoms with Crippen molar-refractivity contribution in [2.24, 2.45) is 0 Å². The molecule has 8 nitrogen and oxygen atoms in total. The second kappa shape index (κ2) is 9.12. The quantitative estimate of drug-likeness (QED) is 0.594. The van der Waals surface area contributed by atoms with Gasteiger partial charge in [-0.3, -0.25) is 4.79 Å². The predicted octanol–water partition coefficient (Wildman–Crippen LogP) is 3.28. The van der Waals surface area contributed by atoms with E-state index in [9.17, 15) is 18.4 Å². The van der Waals surface area contributed by atoms with Gasteiger partial charge in [0.1, 0.15) is 5.75 Å². The number of carbonyl (C=O) groups excluding carboxylic acids is 2. The molecule has 3 aromatic rings. The van der Waals surface area contributed by atoms with Gasteiger partial charge in [0, 0.05) is 11.9 Å². The van der Waals surface area contributed by atoms with Crippen LogP contribution in [0.4, 0.5) is 14.5 Å². The highest BCUT2D eigenvalue weighted by molar-refractivity contribution is 5.96. The molecule has 10 heteroatoms. The lowest BCUT2D eigenvalue weighted by molar-refractivity contribution is -0.119. The van der Waals surface area contributed by atoms with E-state index in [2.05, 4.69) is 20.1 Å². The number of nitrogens with zero attached hydrogens (tertiary/aromatic N) is 3. The van der Waals surface area contributed by atoms with Gasteiger partial charge >= 0.3 is 12.6 Å². The Balaban J connectivity index is 1.58.